The molecule has 1 fully saturated rings. The Labute approximate surface area is 165 Å². The van der Waals surface area contributed by atoms with Gasteiger partial charge >= 0.3 is 0 Å². The van der Waals surface area contributed by atoms with E-state index in [-0.39, 0.29) is 16.8 Å². The maximum Gasteiger partial charge on any atom is 0.229 e. The Morgan fingerprint density at radius 3 is 2.45 bits per heavy atom. The van der Waals surface area contributed by atoms with Gasteiger partial charge in [0.1, 0.15) is 42.0 Å². The summed E-state index contributed by atoms with van der Waals surface area (Å²) in [5.74, 6) is 0.220. The van der Waals surface area contributed by atoms with Crippen LogP contribution in [-0.2, 0) is 4.74 Å². The largest absolute Gasteiger partial charge is 0.463 e. The van der Waals surface area contributed by atoms with Crippen molar-refractivity contribution >= 4 is 11.0 Å². The molecule has 29 heavy (non-hydrogen) atoms. The topological polar surface area (TPSA) is 130 Å². The van der Waals surface area contributed by atoms with Crippen LogP contribution in [0.25, 0.3) is 22.1 Å². The lowest BCUT2D eigenvalue weighted by molar-refractivity contribution is -0.277. The number of ether oxygens (including phenoxy) is 2. The summed E-state index contributed by atoms with van der Waals surface area (Å²) >= 11 is 0. The second kappa shape index (κ2) is 7.94. The minimum absolute atomic E-state index is 0.197. The summed E-state index contributed by atoms with van der Waals surface area (Å²) in [5.41, 5.74) is 1.25. The standard InChI is InChI=1S/C21H20O8/c22-9-16-18(24)19(25)20(26)21(29-16)28-12-6-7-13-15(8-12)27-10-14(17(13)23)11-4-2-1-3-5-11/h1-8,10,16,18-22,24-26H,9H2/t16-,18-,19+,20-,21-/m0/s1. The fourth-order valence-electron chi connectivity index (χ4n) is 3.30. The van der Waals surface area contributed by atoms with Crippen molar-refractivity contribution in [3.63, 3.8) is 0 Å². The van der Waals surface area contributed by atoms with E-state index in [9.17, 15) is 25.2 Å². The summed E-state index contributed by atoms with van der Waals surface area (Å²) in [7, 11) is 0. The Hall–Kier alpha value is -2.75. The van der Waals surface area contributed by atoms with Crippen molar-refractivity contribution < 1.29 is 34.3 Å². The van der Waals surface area contributed by atoms with Gasteiger partial charge in [0.15, 0.2) is 5.43 Å². The fourth-order valence-corrected chi connectivity index (χ4v) is 3.30. The lowest BCUT2D eigenvalue weighted by atomic mass is 9.99. The first kappa shape index (κ1) is 19.6. The van der Waals surface area contributed by atoms with Gasteiger partial charge in [-0.3, -0.25) is 4.79 Å². The molecule has 1 saturated heterocycles. The van der Waals surface area contributed by atoms with Crippen molar-refractivity contribution in [1.29, 1.82) is 0 Å². The SMILES string of the molecule is O=c1c(-c2ccccc2)coc2cc(O[C@H]3O[C@@H](CO)[C@H](O)[C@@H](O)[C@@H]3O)ccc12. The highest BCUT2D eigenvalue weighted by Crippen LogP contribution is 2.27. The summed E-state index contributed by atoms with van der Waals surface area (Å²) in [5, 5.41) is 39.4. The zero-order valence-electron chi connectivity index (χ0n) is 15.2. The zero-order chi connectivity index (χ0) is 20.5. The predicted octanol–water partition coefficient (Wildman–Crippen LogP) is 0.639. The number of aliphatic hydroxyl groups is 4. The second-order valence-electron chi connectivity index (χ2n) is 6.82. The van der Waals surface area contributed by atoms with E-state index in [4.69, 9.17) is 13.9 Å². The third kappa shape index (κ3) is 3.64. The average Bonchev–Trinajstić information content (AvgIpc) is 2.75. The molecule has 5 atom stereocenters. The van der Waals surface area contributed by atoms with Crippen molar-refractivity contribution in [2.75, 3.05) is 6.61 Å². The van der Waals surface area contributed by atoms with Gasteiger partial charge in [-0.15, -0.1) is 0 Å². The molecule has 0 spiro atoms. The number of hydrogen-bond donors (Lipinski definition) is 4. The lowest BCUT2D eigenvalue weighted by Crippen LogP contribution is -2.60. The van der Waals surface area contributed by atoms with Crippen LogP contribution in [0.3, 0.4) is 0 Å². The van der Waals surface area contributed by atoms with Gasteiger partial charge in [0.25, 0.3) is 0 Å². The van der Waals surface area contributed by atoms with E-state index in [0.717, 1.165) is 5.56 Å². The quantitative estimate of drug-likeness (QED) is 0.502. The average molecular weight is 400 g/mol. The molecule has 0 bridgehead atoms. The molecule has 2 heterocycles. The fraction of sp³-hybridized carbons (Fsp3) is 0.286. The van der Waals surface area contributed by atoms with Crippen LogP contribution in [-0.4, -0.2) is 57.7 Å². The van der Waals surface area contributed by atoms with Gasteiger partial charge in [0, 0.05) is 6.07 Å². The zero-order valence-corrected chi connectivity index (χ0v) is 15.2. The molecular formula is C21H20O8. The van der Waals surface area contributed by atoms with Crippen molar-refractivity contribution in [3.05, 3.63) is 65.0 Å². The molecule has 8 nitrogen and oxygen atoms in total. The second-order valence-corrected chi connectivity index (χ2v) is 6.82. The summed E-state index contributed by atoms with van der Waals surface area (Å²) in [6.07, 6.45) is -5.57. The first-order chi connectivity index (χ1) is 14.0. The summed E-state index contributed by atoms with van der Waals surface area (Å²) in [6, 6.07) is 13.7. The maximum absolute atomic E-state index is 12.8. The molecule has 2 aromatic carbocycles. The van der Waals surface area contributed by atoms with Crippen molar-refractivity contribution in [2.45, 2.75) is 30.7 Å². The minimum atomic E-state index is -1.54. The molecule has 1 aromatic heterocycles. The van der Waals surface area contributed by atoms with Crippen LogP contribution in [0.5, 0.6) is 5.75 Å². The van der Waals surface area contributed by atoms with E-state index < -0.39 is 37.3 Å². The number of benzene rings is 2. The summed E-state index contributed by atoms with van der Waals surface area (Å²) in [6.45, 7) is -0.556. The van der Waals surface area contributed by atoms with E-state index in [1.165, 1.54) is 24.5 Å². The Morgan fingerprint density at radius 2 is 1.72 bits per heavy atom. The van der Waals surface area contributed by atoms with E-state index in [1.54, 1.807) is 0 Å². The highest BCUT2D eigenvalue weighted by Gasteiger charge is 2.44. The van der Waals surface area contributed by atoms with Crippen LogP contribution in [0.15, 0.2) is 64.0 Å². The molecule has 8 heteroatoms. The Bertz CT molecular complexity index is 1050. The van der Waals surface area contributed by atoms with E-state index in [0.29, 0.717) is 10.9 Å². The molecule has 0 radical (unpaired) electrons. The van der Waals surface area contributed by atoms with E-state index in [1.807, 2.05) is 30.3 Å². The van der Waals surface area contributed by atoms with Crippen LogP contribution >= 0.6 is 0 Å². The number of hydrogen-bond acceptors (Lipinski definition) is 8. The first-order valence-corrected chi connectivity index (χ1v) is 9.07. The highest BCUT2D eigenvalue weighted by atomic mass is 16.7. The molecule has 0 amide bonds. The van der Waals surface area contributed by atoms with Crippen LogP contribution in [0.4, 0.5) is 0 Å². The molecule has 1 aliphatic rings. The Morgan fingerprint density at radius 1 is 0.966 bits per heavy atom. The van der Waals surface area contributed by atoms with Gasteiger partial charge in [-0.1, -0.05) is 30.3 Å². The third-order valence-corrected chi connectivity index (χ3v) is 4.93. The van der Waals surface area contributed by atoms with Gasteiger partial charge in [-0.05, 0) is 17.7 Å². The van der Waals surface area contributed by atoms with Crippen LogP contribution in [0, 0.1) is 0 Å². The van der Waals surface area contributed by atoms with Crippen LogP contribution in [0.1, 0.15) is 0 Å². The highest BCUT2D eigenvalue weighted by molar-refractivity contribution is 5.82. The maximum atomic E-state index is 12.8. The molecule has 0 unspecified atom stereocenters. The predicted molar refractivity (Wildman–Crippen MR) is 102 cm³/mol. The first-order valence-electron chi connectivity index (χ1n) is 9.07. The number of rotatable bonds is 4. The van der Waals surface area contributed by atoms with Crippen LogP contribution < -0.4 is 10.2 Å². The minimum Gasteiger partial charge on any atom is -0.463 e. The molecule has 4 rings (SSSR count). The molecule has 3 aromatic rings. The Kier molecular flexibility index (Phi) is 5.35. The van der Waals surface area contributed by atoms with Crippen molar-refractivity contribution in [3.8, 4) is 16.9 Å². The molecule has 1 aliphatic heterocycles. The molecular weight excluding hydrogens is 380 g/mol. The molecule has 152 valence electrons. The molecule has 0 saturated carbocycles. The molecule has 0 aliphatic carbocycles. The van der Waals surface area contributed by atoms with Crippen LogP contribution in [0.2, 0.25) is 0 Å². The molecule has 4 N–H and O–H groups in total. The van der Waals surface area contributed by atoms with Crippen molar-refractivity contribution in [2.24, 2.45) is 0 Å². The normalized spacial score (nSPS) is 27.1. The van der Waals surface area contributed by atoms with Gasteiger partial charge < -0.3 is 34.3 Å². The third-order valence-electron chi connectivity index (χ3n) is 4.93. The summed E-state index contributed by atoms with van der Waals surface area (Å²) < 4.78 is 16.5. The van der Waals surface area contributed by atoms with E-state index >= 15 is 0 Å². The lowest BCUT2D eigenvalue weighted by Gasteiger charge is -2.39. The summed E-state index contributed by atoms with van der Waals surface area (Å²) in [4.78, 5) is 12.8. The Balaban J connectivity index is 1.62. The van der Waals surface area contributed by atoms with Gasteiger partial charge in [0.05, 0.1) is 17.6 Å². The number of fused-ring (bicyclic) bond motifs is 1. The smallest absolute Gasteiger partial charge is 0.229 e. The van der Waals surface area contributed by atoms with E-state index in [2.05, 4.69) is 0 Å². The van der Waals surface area contributed by atoms with Gasteiger partial charge in [-0.25, -0.2) is 0 Å². The van der Waals surface area contributed by atoms with Crippen molar-refractivity contribution in [1.82, 2.24) is 0 Å². The monoisotopic (exact) mass is 400 g/mol. The number of aliphatic hydroxyl groups excluding tert-OH is 4. The van der Waals surface area contributed by atoms with Gasteiger partial charge in [-0.2, -0.15) is 0 Å². The van der Waals surface area contributed by atoms with Gasteiger partial charge in [0.2, 0.25) is 6.29 Å².